The summed E-state index contributed by atoms with van der Waals surface area (Å²) in [5, 5.41) is 0. The number of fused-ring (bicyclic) bond motifs is 1. The Balaban J connectivity index is 1.31. The van der Waals surface area contributed by atoms with Crippen LogP contribution in [0.1, 0.15) is 65.9 Å². The average Bonchev–Trinajstić information content (AvgIpc) is 3.35. The topological polar surface area (TPSA) is 49.9 Å². The Hall–Kier alpha value is -2.82. The van der Waals surface area contributed by atoms with E-state index in [1.807, 2.05) is 59.2 Å². The second-order valence-corrected chi connectivity index (χ2v) is 9.62. The standard InChI is InChI=1S/C27H32N2O3/c1-20-8-2-3-9-22(20)26(31)29-16-12-27(13-17-29)19-21(18-25(30)28-14-6-7-15-28)23-10-4-5-11-24(23)32-27/h2-5,8-11,21H,6-7,12-19H2,1H3. The van der Waals surface area contributed by atoms with Gasteiger partial charge in [-0.1, -0.05) is 36.4 Å². The lowest BCUT2D eigenvalue weighted by atomic mass is 9.76. The van der Waals surface area contributed by atoms with Crippen molar-refractivity contribution >= 4 is 11.8 Å². The summed E-state index contributed by atoms with van der Waals surface area (Å²) in [6, 6.07) is 16.0. The summed E-state index contributed by atoms with van der Waals surface area (Å²) < 4.78 is 6.59. The minimum atomic E-state index is -0.299. The zero-order chi connectivity index (χ0) is 22.1. The number of aryl methyl sites for hydroxylation is 1. The number of carbonyl (C=O) groups excluding carboxylic acids is 2. The highest BCUT2D eigenvalue weighted by molar-refractivity contribution is 5.95. The van der Waals surface area contributed by atoms with Crippen LogP contribution in [0.25, 0.3) is 0 Å². The molecule has 0 bridgehead atoms. The molecule has 32 heavy (non-hydrogen) atoms. The van der Waals surface area contributed by atoms with Gasteiger partial charge in [-0.2, -0.15) is 0 Å². The van der Waals surface area contributed by atoms with Crippen LogP contribution in [0.5, 0.6) is 5.75 Å². The molecule has 168 valence electrons. The number of likely N-dealkylation sites (tertiary alicyclic amines) is 2. The summed E-state index contributed by atoms with van der Waals surface area (Å²) in [5.41, 5.74) is 2.66. The highest BCUT2D eigenvalue weighted by Crippen LogP contribution is 2.47. The minimum absolute atomic E-state index is 0.106. The molecule has 2 fully saturated rings. The molecule has 0 aromatic heterocycles. The third-order valence-electron chi connectivity index (χ3n) is 7.52. The smallest absolute Gasteiger partial charge is 0.254 e. The molecular weight excluding hydrogens is 400 g/mol. The van der Waals surface area contributed by atoms with Crippen molar-refractivity contribution in [3.63, 3.8) is 0 Å². The van der Waals surface area contributed by atoms with Gasteiger partial charge < -0.3 is 14.5 Å². The van der Waals surface area contributed by atoms with Crippen LogP contribution in [0.4, 0.5) is 0 Å². The van der Waals surface area contributed by atoms with Gasteiger partial charge in [0.25, 0.3) is 5.91 Å². The normalized spacial score (nSPS) is 21.8. The lowest BCUT2D eigenvalue weighted by Crippen LogP contribution is -2.52. The first-order valence-corrected chi connectivity index (χ1v) is 12.0. The molecule has 0 aliphatic carbocycles. The molecule has 0 radical (unpaired) electrons. The number of carbonyl (C=O) groups is 2. The number of hydrogen-bond acceptors (Lipinski definition) is 3. The molecule has 1 unspecified atom stereocenters. The van der Waals surface area contributed by atoms with E-state index < -0.39 is 0 Å². The summed E-state index contributed by atoms with van der Waals surface area (Å²) in [4.78, 5) is 30.0. The highest BCUT2D eigenvalue weighted by Gasteiger charge is 2.44. The number of hydrogen-bond donors (Lipinski definition) is 0. The van der Waals surface area contributed by atoms with Crippen LogP contribution in [-0.2, 0) is 4.79 Å². The summed E-state index contributed by atoms with van der Waals surface area (Å²) in [6.07, 6.45) is 5.22. The van der Waals surface area contributed by atoms with Crippen LogP contribution in [0.3, 0.4) is 0 Å². The summed E-state index contributed by atoms with van der Waals surface area (Å²) in [5.74, 6) is 1.46. The summed E-state index contributed by atoms with van der Waals surface area (Å²) in [6.45, 7) is 5.14. The van der Waals surface area contributed by atoms with E-state index in [4.69, 9.17) is 4.74 Å². The monoisotopic (exact) mass is 432 g/mol. The van der Waals surface area contributed by atoms with Crippen molar-refractivity contribution in [3.8, 4) is 5.75 Å². The average molecular weight is 433 g/mol. The molecule has 1 spiro atoms. The molecule has 3 aliphatic rings. The fourth-order valence-electron chi connectivity index (χ4n) is 5.64. The Bertz CT molecular complexity index is 1000. The van der Waals surface area contributed by atoms with Crippen LogP contribution in [0, 0.1) is 6.92 Å². The largest absolute Gasteiger partial charge is 0.487 e. The Kier molecular flexibility index (Phi) is 5.66. The van der Waals surface area contributed by atoms with E-state index in [0.717, 1.165) is 67.6 Å². The lowest BCUT2D eigenvalue weighted by molar-refractivity contribution is -0.131. The second-order valence-electron chi connectivity index (χ2n) is 9.62. The van der Waals surface area contributed by atoms with Gasteiger partial charge in [0.15, 0.2) is 0 Å². The molecule has 3 aliphatic heterocycles. The SMILES string of the molecule is Cc1ccccc1C(=O)N1CCC2(CC1)CC(CC(=O)N1CCCC1)c1ccccc1O2. The number of rotatable bonds is 3. The van der Waals surface area contributed by atoms with Crippen molar-refractivity contribution in [2.75, 3.05) is 26.2 Å². The van der Waals surface area contributed by atoms with Crippen molar-refractivity contribution in [3.05, 3.63) is 65.2 Å². The van der Waals surface area contributed by atoms with Crippen molar-refractivity contribution < 1.29 is 14.3 Å². The Morgan fingerprint density at radius 2 is 1.62 bits per heavy atom. The third-order valence-corrected chi connectivity index (χ3v) is 7.52. The van der Waals surface area contributed by atoms with E-state index in [0.29, 0.717) is 19.5 Å². The minimum Gasteiger partial charge on any atom is -0.487 e. The molecule has 5 rings (SSSR count). The van der Waals surface area contributed by atoms with Crippen molar-refractivity contribution in [1.29, 1.82) is 0 Å². The first-order valence-electron chi connectivity index (χ1n) is 12.0. The van der Waals surface area contributed by atoms with Gasteiger partial charge in [0, 0.05) is 56.9 Å². The number of para-hydroxylation sites is 1. The molecule has 0 saturated carbocycles. The first-order chi connectivity index (χ1) is 15.5. The van der Waals surface area contributed by atoms with Crippen LogP contribution < -0.4 is 4.74 Å². The van der Waals surface area contributed by atoms with Gasteiger partial charge in [-0.15, -0.1) is 0 Å². The second kappa shape index (κ2) is 8.61. The predicted octanol–water partition coefficient (Wildman–Crippen LogP) is 4.55. The Labute approximate surface area is 190 Å². The number of amides is 2. The van der Waals surface area contributed by atoms with E-state index in [1.165, 1.54) is 0 Å². The number of nitrogens with zero attached hydrogens (tertiary/aromatic N) is 2. The quantitative estimate of drug-likeness (QED) is 0.715. The van der Waals surface area contributed by atoms with E-state index >= 15 is 0 Å². The van der Waals surface area contributed by atoms with Gasteiger partial charge in [-0.3, -0.25) is 9.59 Å². The molecule has 2 saturated heterocycles. The van der Waals surface area contributed by atoms with Crippen LogP contribution in [0.2, 0.25) is 0 Å². The fourth-order valence-corrected chi connectivity index (χ4v) is 5.64. The maximum atomic E-state index is 13.1. The zero-order valence-electron chi connectivity index (χ0n) is 18.9. The lowest BCUT2D eigenvalue weighted by Gasteiger charge is -2.47. The molecular formula is C27H32N2O3. The summed E-state index contributed by atoms with van der Waals surface area (Å²) >= 11 is 0. The van der Waals surface area contributed by atoms with Gasteiger partial charge in [0.2, 0.25) is 5.91 Å². The van der Waals surface area contributed by atoms with Crippen LogP contribution >= 0.6 is 0 Å². The predicted molar refractivity (Wildman–Crippen MR) is 124 cm³/mol. The first kappa shape index (κ1) is 21.0. The van der Waals surface area contributed by atoms with Crippen molar-refractivity contribution in [1.82, 2.24) is 9.80 Å². The van der Waals surface area contributed by atoms with E-state index in [1.54, 1.807) is 0 Å². The van der Waals surface area contributed by atoms with Crippen molar-refractivity contribution in [2.45, 2.75) is 57.0 Å². The van der Waals surface area contributed by atoms with Crippen molar-refractivity contribution in [2.24, 2.45) is 0 Å². The number of ether oxygens (including phenoxy) is 1. The van der Waals surface area contributed by atoms with Gasteiger partial charge in [-0.05, 0) is 49.4 Å². The van der Waals surface area contributed by atoms with Gasteiger partial charge >= 0.3 is 0 Å². The maximum absolute atomic E-state index is 13.1. The molecule has 2 aromatic carbocycles. The third kappa shape index (κ3) is 4.01. The molecule has 0 N–H and O–H groups in total. The zero-order valence-corrected chi connectivity index (χ0v) is 18.9. The van der Waals surface area contributed by atoms with Gasteiger partial charge in [0.1, 0.15) is 11.4 Å². The van der Waals surface area contributed by atoms with E-state index in [2.05, 4.69) is 6.07 Å². The van der Waals surface area contributed by atoms with Crippen LogP contribution in [-0.4, -0.2) is 53.4 Å². The molecule has 2 aromatic rings. The molecule has 2 amide bonds. The molecule has 1 atom stereocenters. The maximum Gasteiger partial charge on any atom is 0.254 e. The summed E-state index contributed by atoms with van der Waals surface area (Å²) in [7, 11) is 0. The highest BCUT2D eigenvalue weighted by atomic mass is 16.5. The Morgan fingerprint density at radius 3 is 2.38 bits per heavy atom. The Morgan fingerprint density at radius 1 is 0.938 bits per heavy atom. The molecule has 5 heteroatoms. The van der Waals surface area contributed by atoms with Gasteiger partial charge in [0.05, 0.1) is 0 Å². The van der Waals surface area contributed by atoms with Crippen LogP contribution in [0.15, 0.2) is 48.5 Å². The fraction of sp³-hybridized carbons (Fsp3) is 0.481. The molecule has 3 heterocycles. The number of piperidine rings is 1. The van der Waals surface area contributed by atoms with E-state index in [-0.39, 0.29) is 23.3 Å². The van der Waals surface area contributed by atoms with E-state index in [9.17, 15) is 9.59 Å². The number of benzene rings is 2. The molecule has 5 nitrogen and oxygen atoms in total. The van der Waals surface area contributed by atoms with Gasteiger partial charge in [-0.25, -0.2) is 0 Å².